The van der Waals surface area contributed by atoms with Crippen molar-refractivity contribution in [3.8, 4) is 0 Å². The van der Waals surface area contributed by atoms with Crippen LogP contribution in [-0.4, -0.2) is 17.4 Å². The third kappa shape index (κ3) is 5.99. The van der Waals surface area contributed by atoms with Crippen molar-refractivity contribution in [3.63, 3.8) is 0 Å². The zero-order chi connectivity index (χ0) is 16.7. The first-order valence-electron chi connectivity index (χ1n) is 8.36. The molecule has 0 bridgehead atoms. The summed E-state index contributed by atoms with van der Waals surface area (Å²) in [7, 11) is 0. The van der Waals surface area contributed by atoms with Crippen LogP contribution in [0, 0.1) is 0 Å². The highest BCUT2D eigenvalue weighted by Gasteiger charge is 2.24. The molecule has 0 aliphatic heterocycles. The third-order valence-electron chi connectivity index (χ3n) is 3.78. The van der Waals surface area contributed by atoms with E-state index in [9.17, 15) is 4.79 Å². The van der Waals surface area contributed by atoms with Crippen molar-refractivity contribution in [1.82, 2.24) is 5.32 Å². The maximum atomic E-state index is 12.8. The Kier molecular flexibility index (Phi) is 6.12. The van der Waals surface area contributed by atoms with Crippen LogP contribution in [0.1, 0.15) is 49.5 Å². The molecule has 2 aromatic carbocycles. The number of benzene rings is 2. The van der Waals surface area contributed by atoms with Gasteiger partial charge < -0.3 is 5.32 Å². The lowest BCUT2D eigenvalue weighted by Gasteiger charge is -2.28. The van der Waals surface area contributed by atoms with Crippen molar-refractivity contribution >= 4 is 5.78 Å². The third-order valence-corrected chi connectivity index (χ3v) is 3.78. The summed E-state index contributed by atoms with van der Waals surface area (Å²) in [6.07, 6.45) is 2.85. The van der Waals surface area contributed by atoms with Crippen LogP contribution < -0.4 is 5.32 Å². The van der Waals surface area contributed by atoms with Crippen LogP contribution in [0.4, 0.5) is 0 Å². The highest BCUT2D eigenvalue weighted by Crippen LogP contribution is 2.14. The molecule has 0 fully saturated rings. The highest BCUT2D eigenvalue weighted by atomic mass is 16.1. The Hall–Kier alpha value is -1.93. The molecular formula is C21H27NO. The normalized spacial score (nSPS) is 12.8. The van der Waals surface area contributed by atoms with Crippen LogP contribution in [0.2, 0.25) is 0 Å². The molecule has 2 rings (SSSR count). The number of carbonyl (C=O) groups is 1. The van der Waals surface area contributed by atoms with Gasteiger partial charge >= 0.3 is 0 Å². The fourth-order valence-corrected chi connectivity index (χ4v) is 2.75. The fraction of sp³-hybridized carbons (Fsp3) is 0.381. The Morgan fingerprint density at radius 3 is 2.09 bits per heavy atom. The smallest absolute Gasteiger partial charge is 0.179 e. The van der Waals surface area contributed by atoms with Crippen LogP contribution in [0.5, 0.6) is 0 Å². The molecule has 23 heavy (non-hydrogen) atoms. The molecular weight excluding hydrogens is 282 g/mol. The van der Waals surface area contributed by atoms with Gasteiger partial charge in [0.1, 0.15) is 0 Å². The summed E-state index contributed by atoms with van der Waals surface area (Å²) in [5, 5.41) is 3.49. The van der Waals surface area contributed by atoms with E-state index in [2.05, 4.69) is 50.4 Å². The van der Waals surface area contributed by atoms with Gasteiger partial charge in [-0.3, -0.25) is 4.79 Å². The Morgan fingerprint density at radius 1 is 0.957 bits per heavy atom. The first kappa shape index (κ1) is 17.4. The van der Waals surface area contributed by atoms with Gasteiger partial charge in [0.2, 0.25) is 0 Å². The van der Waals surface area contributed by atoms with E-state index >= 15 is 0 Å². The molecule has 2 nitrogen and oxygen atoms in total. The summed E-state index contributed by atoms with van der Waals surface area (Å²) in [6, 6.07) is 19.9. The summed E-state index contributed by atoms with van der Waals surface area (Å²) >= 11 is 0. The first-order valence-corrected chi connectivity index (χ1v) is 8.36. The van der Waals surface area contributed by atoms with Gasteiger partial charge in [0.15, 0.2) is 5.78 Å². The van der Waals surface area contributed by atoms with Gasteiger partial charge in [0, 0.05) is 11.1 Å². The molecule has 0 saturated heterocycles. The molecule has 1 N–H and O–H groups in total. The molecule has 2 aromatic rings. The molecule has 1 atom stereocenters. The SMILES string of the molecule is CC(C)(C)NC(CCCc1ccccc1)C(=O)c1ccccc1. The first-order chi connectivity index (χ1) is 11.0. The minimum Gasteiger partial charge on any atom is -0.302 e. The topological polar surface area (TPSA) is 29.1 Å². The number of hydrogen-bond donors (Lipinski definition) is 1. The predicted octanol–water partition coefficient (Wildman–Crippen LogP) is 4.65. The summed E-state index contributed by atoms with van der Waals surface area (Å²) in [5.41, 5.74) is 2.03. The van der Waals surface area contributed by atoms with Crippen molar-refractivity contribution in [2.75, 3.05) is 0 Å². The summed E-state index contributed by atoms with van der Waals surface area (Å²) < 4.78 is 0. The van der Waals surface area contributed by atoms with E-state index in [0.717, 1.165) is 24.8 Å². The molecule has 0 amide bonds. The lowest BCUT2D eigenvalue weighted by Crippen LogP contribution is -2.47. The van der Waals surface area contributed by atoms with Gasteiger partial charge in [-0.25, -0.2) is 0 Å². The number of nitrogens with one attached hydrogen (secondary N) is 1. The van der Waals surface area contributed by atoms with Crippen molar-refractivity contribution in [2.45, 2.75) is 51.6 Å². The molecule has 0 spiro atoms. The number of aryl methyl sites for hydroxylation is 1. The van der Waals surface area contributed by atoms with Crippen LogP contribution in [0.15, 0.2) is 60.7 Å². The lowest BCUT2D eigenvalue weighted by molar-refractivity contribution is 0.0919. The minimum atomic E-state index is -0.138. The zero-order valence-electron chi connectivity index (χ0n) is 14.4. The van der Waals surface area contributed by atoms with E-state index < -0.39 is 0 Å². The minimum absolute atomic E-state index is 0.0815. The molecule has 0 radical (unpaired) electrons. The van der Waals surface area contributed by atoms with E-state index in [1.54, 1.807) is 0 Å². The number of hydrogen-bond acceptors (Lipinski definition) is 2. The van der Waals surface area contributed by atoms with E-state index in [4.69, 9.17) is 0 Å². The van der Waals surface area contributed by atoms with Crippen LogP contribution in [0.25, 0.3) is 0 Å². The lowest BCUT2D eigenvalue weighted by atomic mass is 9.95. The molecule has 0 heterocycles. The summed E-state index contributed by atoms with van der Waals surface area (Å²) in [5.74, 6) is 0.189. The second-order valence-electron chi connectivity index (χ2n) is 7.06. The van der Waals surface area contributed by atoms with E-state index in [0.29, 0.717) is 0 Å². The van der Waals surface area contributed by atoms with Crippen molar-refractivity contribution in [1.29, 1.82) is 0 Å². The molecule has 1 unspecified atom stereocenters. The van der Waals surface area contributed by atoms with E-state index in [1.807, 2.05) is 36.4 Å². The van der Waals surface area contributed by atoms with Gasteiger partial charge in [-0.2, -0.15) is 0 Å². The summed E-state index contributed by atoms with van der Waals surface area (Å²) in [6.45, 7) is 6.32. The van der Waals surface area contributed by atoms with Crippen molar-refractivity contribution in [2.24, 2.45) is 0 Å². The molecule has 0 saturated carbocycles. The maximum absolute atomic E-state index is 12.8. The summed E-state index contributed by atoms with van der Waals surface area (Å²) in [4.78, 5) is 12.8. The Morgan fingerprint density at radius 2 is 1.52 bits per heavy atom. The van der Waals surface area contributed by atoms with Crippen LogP contribution in [-0.2, 0) is 6.42 Å². The number of carbonyl (C=O) groups excluding carboxylic acids is 1. The largest absolute Gasteiger partial charge is 0.302 e. The molecule has 0 aromatic heterocycles. The second kappa shape index (κ2) is 8.07. The number of rotatable bonds is 7. The van der Waals surface area contributed by atoms with Gasteiger partial charge in [0.25, 0.3) is 0 Å². The molecule has 0 aliphatic rings. The molecule has 0 aliphatic carbocycles. The quantitative estimate of drug-likeness (QED) is 0.754. The van der Waals surface area contributed by atoms with Gasteiger partial charge in [0.05, 0.1) is 6.04 Å². The van der Waals surface area contributed by atoms with Gasteiger partial charge in [-0.15, -0.1) is 0 Å². The van der Waals surface area contributed by atoms with E-state index in [1.165, 1.54) is 5.56 Å². The van der Waals surface area contributed by atoms with Crippen LogP contribution >= 0.6 is 0 Å². The fourth-order valence-electron chi connectivity index (χ4n) is 2.75. The average molecular weight is 309 g/mol. The number of Topliss-reactive ketones (excluding diaryl/α,β-unsaturated/α-hetero) is 1. The Balaban J connectivity index is 2.01. The van der Waals surface area contributed by atoms with E-state index in [-0.39, 0.29) is 17.4 Å². The molecule has 2 heteroatoms. The van der Waals surface area contributed by atoms with Crippen molar-refractivity contribution < 1.29 is 4.79 Å². The monoisotopic (exact) mass is 309 g/mol. The van der Waals surface area contributed by atoms with Gasteiger partial charge in [-0.1, -0.05) is 60.7 Å². The van der Waals surface area contributed by atoms with Crippen LogP contribution in [0.3, 0.4) is 0 Å². The Labute approximate surface area is 139 Å². The average Bonchev–Trinajstić information content (AvgIpc) is 2.54. The maximum Gasteiger partial charge on any atom is 0.179 e. The second-order valence-corrected chi connectivity index (χ2v) is 7.06. The standard InChI is InChI=1S/C21H27NO/c1-21(2,3)22-19(20(23)18-14-8-5-9-15-18)16-10-13-17-11-6-4-7-12-17/h4-9,11-12,14-15,19,22H,10,13,16H2,1-3H3. The zero-order valence-corrected chi connectivity index (χ0v) is 14.4. The van der Waals surface area contributed by atoms with Crippen molar-refractivity contribution in [3.05, 3.63) is 71.8 Å². The molecule has 122 valence electrons. The van der Waals surface area contributed by atoms with Gasteiger partial charge in [-0.05, 0) is 45.6 Å². The Bertz CT molecular complexity index is 599. The highest BCUT2D eigenvalue weighted by molar-refractivity contribution is 6.00. The predicted molar refractivity (Wildman–Crippen MR) is 96.8 cm³/mol. The number of ketones is 1.